The molecule has 1 aliphatic heterocycles. The molecular weight excluding hydrogens is 701 g/mol. The smallest absolute Gasteiger partial charge is 0.455 e. The van der Waals surface area contributed by atoms with Gasteiger partial charge in [-0.25, -0.2) is 9.59 Å². The van der Waals surface area contributed by atoms with Crippen LogP contribution in [0.3, 0.4) is 0 Å². The zero-order valence-corrected chi connectivity index (χ0v) is 32.5. The Morgan fingerprint density at radius 2 is 1.60 bits per heavy atom. The summed E-state index contributed by atoms with van der Waals surface area (Å²) in [6.07, 6.45) is -7.80. The molecule has 0 aromatic heterocycles. The van der Waals surface area contributed by atoms with Gasteiger partial charge in [0.15, 0.2) is 17.5 Å². The standard InChI is InChI=1S/C40H50O12Si/c1-9-47-36(45)49-31-30-23(2)27(42)21-40(46,37(30,4)5)34(50-35(44)25-16-12-10-13-17-25)32-38(6,33(31)43)28(20-29-39(32,22-48-29)51-24(3)41)52-53(7,8)26-18-14-11-15-19-26/h10-19,27-29,31-32,34,42,46H,9,20-22H2,1-8H3/t27-,28-,29+,31+,32?,34?,38+,39-,40+/m0/s1. The lowest BCUT2D eigenvalue weighted by atomic mass is 9.44. The van der Waals surface area contributed by atoms with Gasteiger partial charge in [0.05, 0.1) is 42.3 Å². The van der Waals surface area contributed by atoms with E-state index in [1.54, 1.807) is 65.0 Å². The molecule has 0 amide bonds. The van der Waals surface area contributed by atoms with E-state index in [9.17, 15) is 24.6 Å². The highest BCUT2D eigenvalue weighted by molar-refractivity contribution is 6.84. The first-order valence-corrected chi connectivity index (χ1v) is 21.1. The number of carbonyl (C=O) groups is 4. The molecule has 2 bridgehead atoms. The number of hydrogen-bond acceptors (Lipinski definition) is 12. The lowest BCUT2D eigenvalue weighted by molar-refractivity contribution is -0.344. The molecule has 4 aliphatic rings. The van der Waals surface area contributed by atoms with Gasteiger partial charge in [-0.3, -0.25) is 9.59 Å². The number of aliphatic hydroxyl groups is 2. The van der Waals surface area contributed by atoms with E-state index in [4.69, 9.17) is 28.1 Å². The van der Waals surface area contributed by atoms with Crippen LogP contribution in [0.15, 0.2) is 71.8 Å². The maximum Gasteiger partial charge on any atom is 0.509 e. The Morgan fingerprint density at radius 1 is 0.981 bits per heavy atom. The minimum atomic E-state index is -2.88. The average molecular weight is 751 g/mol. The van der Waals surface area contributed by atoms with Crippen molar-refractivity contribution >= 4 is 37.4 Å². The van der Waals surface area contributed by atoms with E-state index in [-0.39, 0.29) is 37.2 Å². The van der Waals surface area contributed by atoms with Gasteiger partial charge < -0.3 is 38.3 Å². The summed E-state index contributed by atoms with van der Waals surface area (Å²) in [7, 11) is -2.88. The number of aliphatic hydroxyl groups excluding tert-OH is 1. The highest BCUT2D eigenvalue weighted by Gasteiger charge is 2.78. The Labute approximate surface area is 310 Å². The molecule has 3 fully saturated rings. The van der Waals surface area contributed by atoms with Crippen molar-refractivity contribution in [1.29, 1.82) is 0 Å². The van der Waals surface area contributed by atoms with E-state index < -0.39 is 90.7 Å². The molecule has 53 heavy (non-hydrogen) atoms. The third-order valence-electron chi connectivity index (χ3n) is 12.3. The van der Waals surface area contributed by atoms with Crippen molar-refractivity contribution in [3.05, 3.63) is 77.4 Å². The number of rotatable bonds is 8. The lowest BCUT2D eigenvalue weighted by Crippen LogP contribution is -2.82. The predicted molar refractivity (Wildman–Crippen MR) is 193 cm³/mol. The molecule has 0 radical (unpaired) electrons. The van der Waals surface area contributed by atoms with E-state index in [0.29, 0.717) is 5.57 Å². The first-order valence-electron chi connectivity index (χ1n) is 18.1. The zero-order valence-electron chi connectivity index (χ0n) is 31.5. The summed E-state index contributed by atoms with van der Waals surface area (Å²) in [6.45, 7) is 13.2. The summed E-state index contributed by atoms with van der Waals surface area (Å²) < 4.78 is 37.1. The molecule has 13 heteroatoms. The molecule has 2 unspecified atom stereocenters. The minimum absolute atomic E-state index is 0.0394. The Bertz CT molecular complexity index is 1790. The number of ketones is 1. The van der Waals surface area contributed by atoms with Crippen LogP contribution in [0.2, 0.25) is 13.1 Å². The normalized spacial score (nSPS) is 34.6. The summed E-state index contributed by atoms with van der Waals surface area (Å²) in [5, 5.41) is 26.0. The molecule has 1 saturated heterocycles. The van der Waals surface area contributed by atoms with Gasteiger partial charge >= 0.3 is 18.1 Å². The SMILES string of the molecule is CCOC(=O)O[C@H]1C(=O)[C@@]2(C)C(C(OC(=O)c3ccccc3)[C@]3(O)C[C@H](O)C(C)=C1C3(C)C)[C@]1(OC(C)=O)CO[C@@H]1C[C@@H]2O[Si](C)(C)c1ccccc1. The monoisotopic (exact) mass is 750 g/mol. The summed E-state index contributed by atoms with van der Waals surface area (Å²) in [4.78, 5) is 56.4. The van der Waals surface area contributed by atoms with Crippen molar-refractivity contribution in [3.63, 3.8) is 0 Å². The summed E-state index contributed by atoms with van der Waals surface area (Å²) in [6, 6.07) is 17.8. The topological polar surface area (TPSA) is 164 Å². The first-order chi connectivity index (χ1) is 24.8. The number of benzene rings is 2. The number of fused-ring (bicyclic) bond motifs is 5. The fourth-order valence-electron chi connectivity index (χ4n) is 9.40. The minimum Gasteiger partial charge on any atom is -0.455 e. The van der Waals surface area contributed by atoms with Gasteiger partial charge in [0.1, 0.15) is 17.8 Å². The van der Waals surface area contributed by atoms with Gasteiger partial charge in [-0.15, -0.1) is 0 Å². The first kappa shape index (κ1) is 38.8. The van der Waals surface area contributed by atoms with Crippen LogP contribution in [0, 0.1) is 16.7 Å². The largest absolute Gasteiger partial charge is 0.509 e. The highest BCUT2D eigenvalue weighted by atomic mass is 28.4. The second-order valence-corrected chi connectivity index (χ2v) is 19.8. The Hall–Kier alpha value is -3.88. The molecule has 0 spiro atoms. The molecule has 2 aromatic carbocycles. The van der Waals surface area contributed by atoms with Crippen molar-refractivity contribution in [2.45, 2.75) is 109 Å². The third-order valence-corrected chi connectivity index (χ3v) is 14.9. The van der Waals surface area contributed by atoms with Crippen molar-refractivity contribution in [2.75, 3.05) is 13.2 Å². The number of hydrogen-bond donors (Lipinski definition) is 2. The predicted octanol–water partition coefficient (Wildman–Crippen LogP) is 4.40. The number of Topliss-reactive ketones (excluding diaryl/α,β-unsaturated/α-hetero) is 1. The van der Waals surface area contributed by atoms with Gasteiger partial charge in [-0.2, -0.15) is 0 Å². The molecule has 9 atom stereocenters. The molecule has 2 N–H and O–H groups in total. The van der Waals surface area contributed by atoms with Gasteiger partial charge in [0, 0.05) is 25.2 Å². The number of ether oxygens (including phenoxy) is 5. The van der Waals surface area contributed by atoms with Crippen molar-refractivity contribution in [3.8, 4) is 0 Å². The van der Waals surface area contributed by atoms with Crippen molar-refractivity contribution in [2.24, 2.45) is 16.7 Å². The second kappa shape index (κ2) is 13.8. The quantitative estimate of drug-likeness (QED) is 0.170. The van der Waals surface area contributed by atoms with E-state index in [0.717, 1.165) is 5.19 Å². The van der Waals surface area contributed by atoms with Crippen LogP contribution < -0.4 is 5.19 Å². The molecule has 6 rings (SSSR count). The zero-order chi connectivity index (χ0) is 38.7. The Morgan fingerprint density at radius 3 is 2.17 bits per heavy atom. The average Bonchev–Trinajstić information content (AvgIpc) is 3.10. The molecule has 1 heterocycles. The maximum atomic E-state index is 15.9. The summed E-state index contributed by atoms with van der Waals surface area (Å²) in [5.74, 6) is -3.45. The third kappa shape index (κ3) is 6.14. The van der Waals surface area contributed by atoms with E-state index >= 15 is 4.79 Å². The summed E-state index contributed by atoms with van der Waals surface area (Å²) in [5.41, 5.74) is -6.36. The Balaban J connectivity index is 1.66. The van der Waals surface area contributed by atoms with Gasteiger partial charge in [0.25, 0.3) is 0 Å². The maximum absolute atomic E-state index is 15.9. The van der Waals surface area contributed by atoms with Gasteiger partial charge in [-0.05, 0) is 62.3 Å². The van der Waals surface area contributed by atoms with Crippen LogP contribution in [0.25, 0.3) is 0 Å². The van der Waals surface area contributed by atoms with Crippen LogP contribution in [0.5, 0.6) is 0 Å². The molecule has 2 aromatic rings. The fraction of sp³-hybridized carbons (Fsp3) is 0.550. The van der Waals surface area contributed by atoms with Gasteiger partial charge in [0.2, 0.25) is 8.32 Å². The number of carbonyl (C=O) groups excluding carboxylic acids is 4. The van der Waals surface area contributed by atoms with Crippen LogP contribution in [0.1, 0.15) is 64.7 Å². The van der Waals surface area contributed by atoms with Gasteiger partial charge in [-0.1, -0.05) is 62.4 Å². The molecular formula is C40H50O12Si. The van der Waals surface area contributed by atoms with Crippen molar-refractivity contribution < 1.29 is 57.5 Å². The molecule has 12 nitrogen and oxygen atoms in total. The Kier molecular flexibility index (Phi) is 10.1. The van der Waals surface area contributed by atoms with Crippen LogP contribution >= 0.6 is 0 Å². The van der Waals surface area contributed by atoms with Crippen LogP contribution in [-0.4, -0.2) is 97.3 Å². The summed E-state index contributed by atoms with van der Waals surface area (Å²) >= 11 is 0. The second-order valence-electron chi connectivity index (χ2n) is 15.9. The fourth-order valence-corrected chi connectivity index (χ4v) is 11.6. The highest BCUT2D eigenvalue weighted by Crippen LogP contribution is 2.65. The van der Waals surface area contributed by atoms with Crippen LogP contribution in [-0.2, 0) is 37.7 Å². The van der Waals surface area contributed by atoms with Crippen LogP contribution in [0.4, 0.5) is 4.79 Å². The van der Waals surface area contributed by atoms with E-state index in [2.05, 4.69) is 0 Å². The van der Waals surface area contributed by atoms with Crippen molar-refractivity contribution in [1.82, 2.24) is 0 Å². The lowest BCUT2D eigenvalue weighted by Gasteiger charge is -2.68. The molecule has 2 saturated carbocycles. The van der Waals surface area contributed by atoms with E-state index in [1.165, 1.54) is 6.92 Å². The van der Waals surface area contributed by atoms with E-state index in [1.807, 2.05) is 43.4 Å². The molecule has 3 aliphatic carbocycles. The number of esters is 2. The molecule has 286 valence electrons.